The number of aromatic hydroxyl groups is 1. The number of rotatable bonds is 2. The summed E-state index contributed by atoms with van der Waals surface area (Å²) in [7, 11) is 0.938. The van der Waals surface area contributed by atoms with Gasteiger partial charge < -0.3 is 19.2 Å². The third-order valence-corrected chi connectivity index (χ3v) is 3.58. The summed E-state index contributed by atoms with van der Waals surface area (Å²) in [5, 5.41) is 9.51. The first-order valence-corrected chi connectivity index (χ1v) is 5.85. The summed E-state index contributed by atoms with van der Waals surface area (Å²) in [5.41, 5.74) is -0.238. The van der Waals surface area contributed by atoms with E-state index in [0.29, 0.717) is 11.3 Å². The lowest BCUT2D eigenvalue weighted by atomic mass is 9.84. The van der Waals surface area contributed by atoms with Gasteiger partial charge >= 0.3 is 7.12 Å². The van der Waals surface area contributed by atoms with Gasteiger partial charge in [-0.1, -0.05) is 0 Å². The number of ether oxygens (including phenoxy) is 1. The molecule has 0 saturated carbocycles. The monoisotopic (exact) mass is 251 g/mol. The Morgan fingerprint density at radius 1 is 1.22 bits per heavy atom. The Hall–Kier alpha value is -1.27. The van der Waals surface area contributed by atoms with Gasteiger partial charge in [0.25, 0.3) is 0 Å². The Kier molecular flexibility index (Phi) is 3.03. The Balaban J connectivity index is 2.30. The molecule has 18 heavy (non-hydrogen) atoms. The number of nitrogens with zero attached hydrogens (tertiary/aromatic N) is 1. The van der Waals surface area contributed by atoms with Gasteiger partial charge in [-0.25, -0.2) is 0 Å². The molecule has 1 N–H and O–H groups in total. The predicted molar refractivity (Wildman–Crippen MR) is 68.2 cm³/mol. The SMILES string of the molecule is COc1cc(B2OC(C)(C)C(C)(C)O2)ncc1O. The minimum Gasteiger partial charge on any atom is -0.503 e. The largest absolute Gasteiger partial charge is 0.514 e. The maximum Gasteiger partial charge on any atom is 0.514 e. The van der Waals surface area contributed by atoms with Gasteiger partial charge in [0.05, 0.1) is 30.1 Å². The van der Waals surface area contributed by atoms with E-state index in [1.807, 2.05) is 27.7 Å². The number of hydrogen-bond acceptors (Lipinski definition) is 5. The van der Waals surface area contributed by atoms with E-state index in [-0.39, 0.29) is 5.75 Å². The predicted octanol–water partition coefficient (Wildman–Crippen LogP) is 1.09. The fourth-order valence-electron chi connectivity index (χ4n) is 1.70. The topological polar surface area (TPSA) is 60.8 Å². The molecule has 0 unspecified atom stereocenters. The van der Waals surface area contributed by atoms with Crippen LogP contribution >= 0.6 is 0 Å². The van der Waals surface area contributed by atoms with Crippen LogP contribution in [0.15, 0.2) is 12.3 Å². The van der Waals surface area contributed by atoms with E-state index in [0.717, 1.165) is 0 Å². The lowest BCUT2D eigenvalue weighted by Gasteiger charge is -2.32. The second kappa shape index (κ2) is 4.14. The molecular weight excluding hydrogens is 233 g/mol. The van der Waals surface area contributed by atoms with E-state index in [9.17, 15) is 5.11 Å². The number of methoxy groups -OCH3 is 1. The van der Waals surface area contributed by atoms with E-state index in [4.69, 9.17) is 14.0 Å². The van der Waals surface area contributed by atoms with Gasteiger partial charge in [-0.15, -0.1) is 0 Å². The molecule has 98 valence electrons. The van der Waals surface area contributed by atoms with Crippen LogP contribution in [0.2, 0.25) is 0 Å². The first-order valence-electron chi connectivity index (χ1n) is 5.85. The second-order valence-corrected chi connectivity index (χ2v) is 5.37. The Bertz CT molecular complexity index is 445. The summed E-state index contributed by atoms with van der Waals surface area (Å²) in [6.45, 7) is 7.91. The summed E-state index contributed by atoms with van der Waals surface area (Å²) in [6.07, 6.45) is 1.33. The van der Waals surface area contributed by atoms with Crippen LogP contribution in [0.25, 0.3) is 0 Å². The summed E-state index contributed by atoms with van der Waals surface area (Å²) < 4.78 is 16.8. The smallest absolute Gasteiger partial charge is 0.503 e. The zero-order valence-electron chi connectivity index (χ0n) is 11.4. The van der Waals surface area contributed by atoms with Gasteiger partial charge in [0.15, 0.2) is 11.5 Å². The van der Waals surface area contributed by atoms with Crippen molar-refractivity contribution in [3.05, 3.63) is 12.3 Å². The normalized spacial score (nSPS) is 21.1. The van der Waals surface area contributed by atoms with E-state index < -0.39 is 18.3 Å². The maximum absolute atomic E-state index is 9.51. The molecule has 1 aliphatic rings. The van der Waals surface area contributed by atoms with Crippen LogP contribution in [-0.4, -0.2) is 35.5 Å². The third-order valence-electron chi connectivity index (χ3n) is 3.58. The minimum atomic E-state index is -0.551. The Morgan fingerprint density at radius 2 is 1.78 bits per heavy atom. The quantitative estimate of drug-likeness (QED) is 0.797. The van der Waals surface area contributed by atoms with Crippen molar-refractivity contribution < 1.29 is 19.2 Å². The zero-order valence-corrected chi connectivity index (χ0v) is 11.4. The van der Waals surface area contributed by atoms with Crippen LogP contribution in [0.1, 0.15) is 27.7 Å². The second-order valence-electron chi connectivity index (χ2n) is 5.37. The summed E-state index contributed by atoms with van der Waals surface area (Å²) in [4.78, 5) is 4.12. The van der Waals surface area contributed by atoms with Crippen LogP contribution in [0.3, 0.4) is 0 Å². The number of pyridine rings is 1. The molecule has 1 aromatic rings. The zero-order chi connectivity index (χ0) is 13.6. The highest BCUT2D eigenvalue weighted by molar-refractivity contribution is 6.61. The molecule has 2 rings (SSSR count). The van der Waals surface area contributed by atoms with Gasteiger partial charge in [-0.3, -0.25) is 4.98 Å². The van der Waals surface area contributed by atoms with Gasteiger partial charge in [-0.05, 0) is 27.7 Å². The fraction of sp³-hybridized carbons (Fsp3) is 0.583. The summed E-state index contributed by atoms with van der Waals surface area (Å²) in [6, 6.07) is 1.62. The molecule has 1 saturated heterocycles. The molecular formula is C12H18BNO4. The van der Waals surface area contributed by atoms with Crippen molar-refractivity contribution in [3.8, 4) is 11.5 Å². The first-order chi connectivity index (χ1) is 8.27. The highest BCUT2D eigenvalue weighted by Crippen LogP contribution is 2.36. The summed E-state index contributed by atoms with van der Waals surface area (Å²) in [5.74, 6) is 0.354. The highest BCUT2D eigenvalue weighted by atomic mass is 16.7. The molecule has 1 aromatic heterocycles. The van der Waals surface area contributed by atoms with Crippen molar-refractivity contribution in [2.24, 2.45) is 0 Å². The molecule has 0 radical (unpaired) electrons. The minimum absolute atomic E-state index is 0.00207. The van der Waals surface area contributed by atoms with E-state index in [1.165, 1.54) is 13.3 Å². The van der Waals surface area contributed by atoms with E-state index >= 15 is 0 Å². The molecule has 5 nitrogen and oxygen atoms in total. The number of hydrogen-bond donors (Lipinski definition) is 1. The fourth-order valence-corrected chi connectivity index (χ4v) is 1.70. The van der Waals surface area contributed by atoms with Gasteiger partial charge in [0.2, 0.25) is 0 Å². The summed E-state index contributed by atoms with van der Waals surface area (Å²) >= 11 is 0. The molecule has 0 bridgehead atoms. The Morgan fingerprint density at radius 3 is 2.28 bits per heavy atom. The van der Waals surface area contributed by atoms with Crippen molar-refractivity contribution in [2.75, 3.05) is 7.11 Å². The van der Waals surface area contributed by atoms with Crippen LogP contribution < -0.4 is 10.3 Å². The van der Waals surface area contributed by atoms with Crippen LogP contribution in [0.4, 0.5) is 0 Å². The van der Waals surface area contributed by atoms with Crippen LogP contribution in [-0.2, 0) is 9.31 Å². The average Bonchev–Trinajstić information content (AvgIpc) is 2.49. The average molecular weight is 251 g/mol. The van der Waals surface area contributed by atoms with E-state index in [2.05, 4.69) is 4.98 Å². The van der Waals surface area contributed by atoms with Gasteiger partial charge in [-0.2, -0.15) is 0 Å². The molecule has 2 heterocycles. The highest BCUT2D eigenvalue weighted by Gasteiger charge is 2.52. The molecule has 0 amide bonds. The molecule has 0 spiro atoms. The van der Waals surface area contributed by atoms with Crippen molar-refractivity contribution in [1.29, 1.82) is 0 Å². The lowest BCUT2D eigenvalue weighted by Crippen LogP contribution is -2.41. The van der Waals surface area contributed by atoms with Crippen molar-refractivity contribution in [3.63, 3.8) is 0 Å². The molecule has 1 fully saturated rings. The van der Waals surface area contributed by atoms with E-state index in [1.54, 1.807) is 6.07 Å². The van der Waals surface area contributed by atoms with Crippen LogP contribution in [0.5, 0.6) is 11.5 Å². The maximum atomic E-state index is 9.51. The third kappa shape index (κ3) is 2.06. The van der Waals surface area contributed by atoms with Gasteiger partial charge in [0.1, 0.15) is 0 Å². The molecule has 0 aliphatic carbocycles. The first kappa shape index (κ1) is 13.2. The standard InChI is InChI=1S/C12H18BNO4/c1-11(2)12(3,4)18-13(17-11)10-6-9(16-5)8(15)7-14-10/h6-7,15H,1-5H3. The van der Waals surface area contributed by atoms with Crippen LogP contribution in [0, 0.1) is 0 Å². The number of aromatic nitrogens is 1. The lowest BCUT2D eigenvalue weighted by molar-refractivity contribution is 0.00578. The molecule has 1 aliphatic heterocycles. The molecule has 6 heteroatoms. The molecule has 0 aromatic carbocycles. The van der Waals surface area contributed by atoms with Crippen molar-refractivity contribution >= 4 is 12.7 Å². The van der Waals surface area contributed by atoms with Crippen molar-refractivity contribution in [1.82, 2.24) is 4.98 Å². The molecule has 0 atom stereocenters. The van der Waals surface area contributed by atoms with Crippen molar-refractivity contribution in [2.45, 2.75) is 38.9 Å². The Labute approximate surface area is 107 Å². The van der Waals surface area contributed by atoms with Gasteiger partial charge in [0, 0.05) is 6.07 Å².